The van der Waals surface area contributed by atoms with E-state index in [0.717, 1.165) is 25.1 Å². The first kappa shape index (κ1) is 19.3. The zero-order valence-electron chi connectivity index (χ0n) is 15.3. The number of ether oxygens (including phenoxy) is 1. The van der Waals surface area contributed by atoms with Gasteiger partial charge in [0.15, 0.2) is 0 Å². The molecule has 2 aromatic carbocycles. The number of nitrogens with one attached hydrogen (secondary N) is 2. The molecule has 2 aliphatic heterocycles. The second-order valence-corrected chi connectivity index (χ2v) is 10.6. The van der Waals surface area contributed by atoms with Crippen LogP contribution in [0, 0.1) is 0 Å². The number of hydrogen-bond donors (Lipinski definition) is 4. The van der Waals surface area contributed by atoms with Crippen molar-refractivity contribution in [3.8, 4) is 11.5 Å². The van der Waals surface area contributed by atoms with E-state index in [1.165, 1.54) is 0 Å². The Morgan fingerprint density at radius 1 is 1.25 bits per heavy atom. The minimum atomic E-state index is -3.38. The summed E-state index contributed by atoms with van der Waals surface area (Å²) in [5.41, 5.74) is 1.21. The topological polar surface area (TPSA) is 111 Å². The van der Waals surface area contributed by atoms with Crippen molar-refractivity contribution in [2.45, 2.75) is 30.8 Å². The second-order valence-electron chi connectivity index (χ2n) is 6.78. The van der Waals surface area contributed by atoms with E-state index in [9.17, 15) is 17.5 Å². The highest BCUT2D eigenvalue weighted by Crippen LogP contribution is 2.55. The monoisotopic (exact) mass is 425 g/mol. The molecule has 0 spiro atoms. The van der Waals surface area contributed by atoms with Crippen molar-refractivity contribution in [2.24, 2.45) is 0 Å². The molecule has 0 aliphatic carbocycles. The van der Waals surface area contributed by atoms with Crippen molar-refractivity contribution in [1.29, 1.82) is 0 Å². The summed E-state index contributed by atoms with van der Waals surface area (Å²) >= 11 is 0. The Morgan fingerprint density at radius 2 is 2.04 bits per heavy atom. The van der Waals surface area contributed by atoms with E-state index in [2.05, 4.69) is 14.3 Å². The third-order valence-electron chi connectivity index (χ3n) is 4.82. The van der Waals surface area contributed by atoms with Gasteiger partial charge in [-0.3, -0.25) is 13.8 Å². The fraction of sp³-hybridized carbons (Fsp3) is 0.333. The molecule has 1 unspecified atom stereocenters. The Balaban J connectivity index is 1.60. The summed E-state index contributed by atoms with van der Waals surface area (Å²) in [6.45, 7) is 2.42. The number of sulfonamides is 1. The van der Waals surface area contributed by atoms with Crippen molar-refractivity contribution >= 4 is 32.2 Å². The standard InChI is InChI=1S/C18H23N3O5S2/c1-2-27(22,23)19-13-5-3-6-14(11-13)26-15-8-9-16-17(12-15)28(24,25)20-18-7-4-10-21(16)18/h3,5-6,8-9,11-12,18-20,24-25H,2,4,7,10H2,1H3. The molecule has 2 heterocycles. The van der Waals surface area contributed by atoms with Gasteiger partial charge in [-0.25, -0.2) is 8.42 Å². The molecule has 0 bridgehead atoms. The highest BCUT2D eigenvalue weighted by Gasteiger charge is 2.38. The summed E-state index contributed by atoms with van der Waals surface area (Å²) in [4.78, 5) is 2.54. The normalized spacial score (nSPS) is 21.5. The van der Waals surface area contributed by atoms with Crippen molar-refractivity contribution in [3.05, 3.63) is 42.5 Å². The Morgan fingerprint density at radius 3 is 2.82 bits per heavy atom. The van der Waals surface area contributed by atoms with Crippen LogP contribution in [0.2, 0.25) is 0 Å². The predicted octanol–water partition coefficient (Wildman–Crippen LogP) is 3.79. The van der Waals surface area contributed by atoms with E-state index in [1.54, 1.807) is 43.3 Å². The highest BCUT2D eigenvalue weighted by molar-refractivity contribution is 8.22. The van der Waals surface area contributed by atoms with Crippen LogP contribution in [0.1, 0.15) is 19.8 Å². The molecule has 0 aromatic heterocycles. The van der Waals surface area contributed by atoms with E-state index in [-0.39, 0.29) is 11.9 Å². The van der Waals surface area contributed by atoms with E-state index in [4.69, 9.17) is 4.74 Å². The number of nitrogens with zero attached hydrogens (tertiary/aromatic N) is 1. The van der Waals surface area contributed by atoms with Crippen molar-refractivity contribution in [3.63, 3.8) is 0 Å². The quantitative estimate of drug-likeness (QED) is 0.577. The van der Waals surface area contributed by atoms with Crippen LogP contribution in [0.4, 0.5) is 11.4 Å². The van der Waals surface area contributed by atoms with Gasteiger partial charge in [-0.15, -0.1) is 10.8 Å². The lowest BCUT2D eigenvalue weighted by molar-refractivity contribution is 0.440. The average Bonchev–Trinajstić information content (AvgIpc) is 3.09. The van der Waals surface area contributed by atoms with Crippen LogP contribution >= 0.6 is 10.8 Å². The van der Waals surface area contributed by atoms with Crippen LogP contribution in [0.15, 0.2) is 47.4 Å². The number of benzene rings is 2. The van der Waals surface area contributed by atoms with Gasteiger partial charge in [0.2, 0.25) is 10.0 Å². The van der Waals surface area contributed by atoms with E-state index >= 15 is 0 Å². The fourth-order valence-corrected chi connectivity index (χ4v) is 5.60. The van der Waals surface area contributed by atoms with E-state index < -0.39 is 20.8 Å². The van der Waals surface area contributed by atoms with Crippen molar-refractivity contribution < 1.29 is 22.3 Å². The van der Waals surface area contributed by atoms with Gasteiger partial charge in [0.05, 0.1) is 23.3 Å². The summed E-state index contributed by atoms with van der Waals surface area (Å²) in [5.74, 6) is 0.856. The Hall–Kier alpha value is -1.98. The number of rotatable bonds is 5. The van der Waals surface area contributed by atoms with Crippen LogP contribution in [0.5, 0.6) is 11.5 Å². The fourth-order valence-electron chi connectivity index (χ4n) is 3.46. The molecular weight excluding hydrogens is 402 g/mol. The Labute approximate surface area is 166 Å². The first-order valence-corrected chi connectivity index (χ1v) is 12.2. The zero-order chi connectivity index (χ0) is 19.9. The lowest BCUT2D eigenvalue weighted by Gasteiger charge is -2.46. The molecule has 10 heteroatoms. The molecule has 2 aliphatic rings. The third kappa shape index (κ3) is 3.78. The molecule has 152 valence electrons. The Bertz CT molecular complexity index is 996. The van der Waals surface area contributed by atoms with Gasteiger partial charge in [0.25, 0.3) is 0 Å². The van der Waals surface area contributed by atoms with Crippen LogP contribution in [0.25, 0.3) is 0 Å². The van der Waals surface area contributed by atoms with E-state index in [1.807, 2.05) is 6.07 Å². The first-order valence-electron chi connectivity index (χ1n) is 9.02. The molecule has 28 heavy (non-hydrogen) atoms. The van der Waals surface area contributed by atoms with Gasteiger partial charge in [0, 0.05) is 18.7 Å². The van der Waals surface area contributed by atoms with Gasteiger partial charge in [-0.2, -0.15) is 4.72 Å². The maximum absolute atomic E-state index is 11.7. The number of fused-ring (bicyclic) bond motifs is 3. The summed E-state index contributed by atoms with van der Waals surface area (Å²) in [7, 11) is -6.49. The molecular formula is C18H23N3O5S2. The largest absolute Gasteiger partial charge is 0.457 e. The van der Waals surface area contributed by atoms with Gasteiger partial charge in [-0.1, -0.05) is 6.07 Å². The SMILES string of the molecule is CCS(=O)(=O)Nc1cccc(Oc2ccc3c(c2)S(O)(O)NC2CCCN32)c1. The van der Waals surface area contributed by atoms with Crippen molar-refractivity contribution in [2.75, 3.05) is 21.9 Å². The minimum absolute atomic E-state index is 0.0226. The summed E-state index contributed by atoms with van der Waals surface area (Å²) < 4.78 is 55.8. The highest BCUT2D eigenvalue weighted by atomic mass is 32.3. The first-order chi connectivity index (χ1) is 13.3. The molecule has 4 N–H and O–H groups in total. The molecule has 1 atom stereocenters. The molecule has 8 nitrogen and oxygen atoms in total. The molecule has 0 radical (unpaired) electrons. The molecule has 0 saturated carbocycles. The number of hydrogen-bond acceptors (Lipinski definition) is 7. The maximum atomic E-state index is 11.7. The lowest BCUT2D eigenvalue weighted by Crippen LogP contribution is -2.46. The van der Waals surface area contributed by atoms with E-state index in [0.29, 0.717) is 22.1 Å². The smallest absolute Gasteiger partial charge is 0.232 e. The van der Waals surface area contributed by atoms with Gasteiger partial charge in [0.1, 0.15) is 16.4 Å². The van der Waals surface area contributed by atoms with Gasteiger partial charge >= 0.3 is 0 Å². The summed E-state index contributed by atoms with van der Waals surface area (Å²) in [5, 5.41) is 0. The molecule has 2 aromatic rings. The average molecular weight is 426 g/mol. The lowest BCUT2D eigenvalue weighted by atomic mass is 10.2. The third-order valence-corrected chi connectivity index (χ3v) is 7.67. The molecule has 1 fully saturated rings. The summed E-state index contributed by atoms with van der Waals surface area (Å²) in [6, 6.07) is 11.8. The van der Waals surface area contributed by atoms with Gasteiger partial charge < -0.3 is 9.64 Å². The van der Waals surface area contributed by atoms with Crippen LogP contribution in [0.3, 0.4) is 0 Å². The Kier molecular flexibility index (Phi) is 4.92. The zero-order valence-corrected chi connectivity index (χ0v) is 17.0. The molecule has 0 amide bonds. The molecule has 4 rings (SSSR count). The van der Waals surface area contributed by atoms with Crippen LogP contribution in [-0.4, -0.2) is 36.0 Å². The number of anilines is 2. The van der Waals surface area contributed by atoms with Crippen molar-refractivity contribution in [1.82, 2.24) is 4.72 Å². The second kappa shape index (κ2) is 7.12. The van der Waals surface area contributed by atoms with Crippen LogP contribution < -0.4 is 19.1 Å². The van der Waals surface area contributed by atoms with Crippen LogP contribution in [-0.2, 0) is 10.0 Å². The van der Waals surface area contributed by atoms with Gasteiger partial charge in [-0.05, 0) is 44.0 Å². The minimum Gasteiger partial charge on any atom is -0.457 e. The maximum Gasteiger partial charge on any atom is 0.232 e. The summed E-state index contributed by atoms with van der Waals surface area (Å²) in [6.07, 6.45) is 1.80. The predicted molar refractivity (Wildman–Crippen MR) is 111 cm³/mol. The molecule has 1 saturated heterocycles.